The second-order valence-electron chi connectivity index (χ2n) is 4.40. The highest BCUT2D eigenvalue weighted by molar-refractivity contribution is 5.63. The summed E-state index contributed by atoms with van der Waals surface area (Å²) in [5.41, 5.74) is 7.31. The average molecular weight is 219 g/mol. The quantitative estimate of drug-likeness (QED) is 0.673. The maximum absolute atomic E-state index is 8.91. The Bertz CT molecular complexity index is 407. The molecule has 4 N–H and O–H groups in total. The summed E-state index contributed by atoms with van der Waals surface area (Å²) in [5, 5.41) is 20.9. The molecular weight excluding hydrogens is 202 g/mol. The number of nitrogens with one attached hydrogen (secondary N) is 1. The van der Waals surface area contributed by atoms with Gasteiger partial charge < -0.3 is 16.2 Å². The second kappa shape index (κ2) is 4.86. The Kier molecular flexibility index (Phi) is 3.75. The van der Waals surface area contributed by atoms with Crippen LogP contribution in [-0.4, -0.2) is 17.3 Å². The summed E-state index contributed by atoms with van der Waals surface area (Å²) in [6.07, 6.45) is 0.646. The molecule has 0 fully saturated rings. The van der Waals surface area contributed by atoms with Crippen molar-refractivity contribution >= 4 is 11.4 Å². The Morgan fingerprint density at radius 3 is 2.69 bits per heavy atom. The largest absolute Gasteiger partial charge is 0.398 e. The van der Waals surface area contributed by atoms with Crippen LogP contribution < -0.4 is 11.1 Å². The number of hydrogen-bond donors (Lipinski definition) is 3. The minimum Gasteiger partial charge on any atom is -0.398 e. The Morgan fingerprint density at radius 1 is 1.50 bits per heavy atom. The summed E-state index contributed by atoms with van der Waals surface area (Å²) in [7, 11) is 0. The SMILES string of the molecule is CC(C)(CCO)Nc1ccc(C#N)c(N)c1. The molecule has 0 spiro atoms. The predicted octanol–water partition coefficient (Wildman–Crippen LogP) is 1.71. The number of nitrogen functional groups attached to an aromatic ring is 1. The van der Waals surface area contributed by atoms with Gasteiger partial charge in [-0.2, -0.15) is 5.26 Å². The van der Waals surface area contributed by atoms with Gasteiger partial charge in [0.05, 0.1) is 11.3 Å². The number of aliphatic hydroxyl groups excluding tert-OH is 1. The number of nitrogens with two attached hydrogens (primary N) is 1. The fourth-order valence-electron chi connectivity index (χ4n) is 1.48. The van der Waals surface area contributed by atoms with Crippen LogP contribution in [0.5, 0.6) is 0 Å². The molecule has 4 nitrogen and oxygen atoms in total. The zero-order valence-corrected chi connectivity index (χ0v) is 9.62. The normalized spacial score (nSPS) is 10.9. The van der Waals surface area contributed by atoms with Crippen LogP contribution in [0.1, 0.15) is 25.8 Å². The van der Waals surface area contributed by atoms with E-state index in [9.17, 15) is 0 Å². The molecule has 0 aliphatic heterocycles. The number of hydrogen-bond acceptors (Lipinski definition) is 4. The smallest absolute Gasteiger partial charge is 0.101 e. The van der Waals surface area contributed by atoms with Gasteiger partial charge in [0.2, 0.25) is 0 Å². The molecule has 0 heterocycles. The first kappa shape index (κ1) is 12.3. The fraction of sp³-hybridized carbons (Fsp3) is 0.417. The highest BCUT2D eigenvalue weighted by Crippen LogP contribution is 2.22. The molecular formula is C12H17N3O. The summed E-state index contributed by atoms with van der Waals surface area (Å²) in [5.74, 6) is 0. The van der Waals surface area contributed by atoms with Crippen molar-refractivity contribution < 1.29 is 5.11 Å². The van der Waals surface area contributed by atoms with Gasteiger partial charge in [-0.3, -0.25) is 0 Å². The van der Waals surface area contributed by atoms with Gasteiger partial charge in [0, 0.05) is 17.8 Å². The molecule has 0 unspecified atom stereocenters. The number of nitrogens with zero attached hydrogens (tertiary/aromatic N) is 1. The molecule has 86 valence electrons. The maximum Gasteiger partial charge on any atom is 0.101 e. The van der Waals surface area contributed by atoms with E-state index in [1.807, 2.05) is 26.0 Å². The van der Waals surface area contributed by atoms with Crippen LogP contribution in [0.15, 0.2) is 18.2 Å². The third-order valence-electron chi connectivity index (χ3n) is 2.39. The minimum atomic E-state index is -0.199. The summed E-state index contributed by atoms with van der Waals surface area (Å²) >= 11 is 0. The number of rotatable bonds is 4. The molecule has 0 aliphatic rings. The van der Waals surface area contributed by atoms with Crippen molar-refractivity contribution in [2.24, 2.45) is 0 Å². The number of anilines is 2. The average Bonchev–Trinajstić information content (AvgIpc) is 2.17. The van der Waals surface area contributed by atoms with E-state index in [4.69, 9.17) is 16.1 Å². The van der Waals surface area contributed by atoms with Crippen LogP contribution in [-0.2, 0) is 0 Å². The molecule has 0 saturated heterocycles. The van der Waals surface area contributed by atoms with Gasteiger partial charge in [-0.1, -0.05) is 0 Å². The highest BCUT2D eigenvalue weighted by Gasteiger charge is 2.16. The van der Waals surface area contributed by atoms with E-state index >= 15 is 0 Å². The van der Waals surface area contributed by atoms with E-state index in [1.165, 1.54) is 0 Å². The van der Waals surface area contributed by atoms with Crippen molar-refractivity contribution in [3.63, 3.8) is 0 Å². The first-order valence-electron chi connectivity index (χ1n) is 5.17. The van der Waals surface area contributed by atoms with Crippen molar-refractivity contribution in [2.75, 3.05) is 17.7 Å². The summed E-state index contributed by atoms with van der Waals surface area (Å²) in [4.78, 5) is 0. The van der Waals surface area contributed by atoms with Gasteiger partial charge in [-0.15, -0.1) is 0 Å². The van der Waals surface area contributed by atoms with Gasteiger partial charge in [-0.05, 0) is 38.5 Å². The van der Waals surface area contributed by atoms with Crippen LogP contribution >= 0.6 is 0 Å². The molecule has 0 saturated carbocycles. The van der Waals surface area contributed by atoms with Crippen LogP contribution in [0.3, 0.4) is 0 Å². The van der Waals surface area contributed by atoms with Gasteiger partial charge in [0.15, 0.2) is 0 Å². The number of aliphatic hydroxyl groups is 1. The van der Waals surface area contributed by atoms with E-state index in [2.05, 4.69) is 5.32 Å². The van der Waals surface area contributed by atoms with E-state index in [1.54, 1.807) is 12.1 Å². The predicted molar refractivity (Wildman–Crippen MR) is 65.0 cm³/mol. The molecule has 4 heteroatoms. The molecule has 0 aromatic heterocycles. The third kappa shape index (κ3) is 3.14. The maximum atomic E-state index is 8.91. The van der Waals surface area contributed by atoms with Crippen LogP contribution in [0, 0.1) is 11.3 Å². The first-order valence-corrected chi connectivity index (χ1v) is 5.17. The molecule has 0 atom stereocenters. The second-order valence-corrected chi connectivity index (χ2v) is 4.40. The molecule has 1 rings (SSSR count). The van der Waals surface area contributed by atoms with Crippen molar-refractivity contribution in [3.8, 4) is 6.07 Å². The standard InChI is InChI=1S/C12H17N3O/c1-12(2,5-6-16)15-10-4-3-9(8-13)11(14)7-10/h3-4,7,15-16H,5-6,14H2,1-2H3. The summed E-state index contributed by atoms with van der Waals surface area (Å²) in [6.45, 7) is 4.13. The molecule has 0 amide bonds. The lowest BCUT2D eigenvalue weighted by Crippen LogP contribution is -2.31. The Morgan fingerprint density at radius 2 is 2.19 bits per heavy atom. The Labute approximate surface area is 95.7 Å². The van der Waals surface area contributed by atoms with Crippen molar-refractivity contribution in [3.05, 3.63) is 23.8 Å². The zero-order chi connectivity index (χ0) is 12.2. The lowest BCUT2D eigenvalue weighted by molar-refractivity contribution is 0.261. The monoisotopic (exact) mass is 219 g/mol. The molecule has 0 radical (unpaired) electrons. The lowest BCUT2D eigenvalue weighted by atomic mass is 10.0. The van der Waals surface area contributed by atoms with Gasteiger partial charge >= 0.3 is 0 Å². The molecule has 1 aromatic rings. The van der Waals surface area contributed by atoms with Gasteiger partial charge in [0.1, 0.15) is 6.07 Å². The minimum absolute atomic E-state index is 0.131. The summed E-state index contributed by atoms with van der Waals surface area (Å²) in [6, 6.07) is 7.25. The van der Waals surface area contributed by atoms with Crippen LogP contribution in [0.25, 0.3) is 0 Å². The Balaban J connectivity index is 2.84. The van der Waals surface area contributed by atoms with E-state index < -0.39 is 0 Å². The highest BCUT2D eigenvalue weighted by atomic mass is 16.3. The van der Waals surface area contributed by atoms with Crippen LogP contribution in [0.4, 0.5) is 11.4 Å². The first-order chi connectivity index (χ1) is 7.48. The van der Waals surface area contributed by atoms with Crippen molar-refractivity contribution in [1.82, 2.24) is 0 Å². The molecule has 1 aromatic carbocycles. The topological polar surface area (TPSA) is 82.1 Å². The summed E-state index contributed by atoms with van der Waals surface area (Å²) < 4.78 is 0. The molecule has 16 heavy (non-hydrogen) atoms. The van der Waals surface area contributed by atoms with Gasteiger partial charge in [-0.25, -0.2) is 0 Å². The fourth-order valence-corrected chi connectivity index (χ4v) is 1.48. The lowest BCUT2D eigenvalue weighted by Gasteiger charge is -2.27. The number of nitriles is 1. The van der Waals surface area contributed by atoms with E-state index in [-0.39, 0.29) is 12.1 Å². The molecule has 0 bridgehead atoms. The van der Waals surface area contributed by atoms with Crippen molar-refractivity contribution in [2.45, 2.75) is 25.8 Å². The van der Waals surface area contributed by atoms with Gasteiger partial charge in [0.25, 0.3) is 0 Å². The zero-order valence-electron chi connectivity index (χ0n) is 9.62. The van der Waals surface area contributed by atoms with Crippen LogP contribution in [0.2, 0.25) is 0 Å². The Hall–Kier alpha value is -1.73. The van der Waals surface area contributed by atoms with E-state index in [0.29, 0.717) is 17.7 Å². The molecule has 0 aliphatic carbocycles. The van der Waals surface area contributed by atoms with Crippen molar-refractivity contribution in [1.29, 1.82) is 5.26 Å². The third-order valence-corrected chi connectivity index (χ3v) is 2.39. The number of benzene rings is 1. The van der Waals surface area contributed by atoms with E-state index in [0.717, 1.165) is 5.69 Å².